The van der Waals surface area contributed by atoms with Crippen LogP contribution in [0.3, 0.4) is 0 Å². The minimum atomic E-state index is 0.771. The van der Waals surface area contributed by atoms with Crippen LogP contribution in [0, 0.1) is 0 Å². The molecule has 0 atom stereocenters. The van der Waals surface area contributed by atoms with Crippen molar-refractivity contribution in [2.75, 3.05) is 28.8 Å². The fourth-order valence-corrected chi connectivity index (χ4v) is 2.99. The third-order valence-electron chi connectivity index (χ3n) is 4.46. The van der Waals surface area contributed by atoms with Crippen molar-refractivity contribution in [3.8, 4) is 5.75 Å². The van der Waals surface area contributed by atoms with E-state index < -0.39 is 0 Å². The van der Waals surface area contributed by atoms with E-state index in [9.17, 15) is 0 Å². The zero-order chi connectivity index (χ0) is 19.2. The van der Waals surface area contributed by atoms with Gasteiger partial charge in [-0.2, -0.15) is 0 Å². The van der Waals surface area contributed by atoms with Crippen LogP contribution in [-0.2, 0) is 0 Å². The number of hydrazine groups is 2. The van der Waals surface area contributed by atoms with Crippen molar-refractivity contribution in [3.05, 3.63) is 91.0 Å². The van der Waals surface area contributed by atoms with E-state index in [0.29, 0.717) is 0 Å². The summed E-state index contributed by atoms with van der Waals surface area (Å²) >= 11 is 0. The molecule has 4 rings (SSSR count). The van der Waals surface area contributed by atoms with Crippen LogP contribution in [0.4, 0.5) is 22.7 Å². The maximum atomic E-state index is 5.37. The number of anilines is 4. The third kappa shape index (κ3) is 3.94. The smallest absolute Gasteiger partial charge is 0.121 e. The molecule has 4 aromatic rings. The van der Waals surface area contributed by atoms with Crippen LogP contribution in [0.5, 0.6) is 5.75 Å². The van der Waals surface area contributed by atoms with Crippen molar-refractivity contribution in [3.63, 3.8) is 0 Å². The predicted molar refractivity (Wildman–Crippen MR) is 118 cm³/mol. The van der Waals surface area contributed by atoms with Gasteiger partial charge < -0.3 is 15.6 Å². The molecule has 0 amide bonds. The number of hydrogen-bond acceptors (Lipinski definition) is 5. The lowest BCUT2D eigenvalue weighted by atomic mass is 10.1. The summed E-state index contributed by atoms with van der Waals surface area (Å²) in [7, 11) is 1.66. The van der Waals surface area contributed by atoms with Crippen LogP contribution >= 0.6 is 0 Å². The molecule has 0 unspecified atom stereocenters. The highest BCUT2D eigenvalue weighted by Crippen LogP contribution is 2.29. The maximum Gasteiger partial charge on any atom is 0.121 e. The highest BCUT2D eigenvalue weighted by atomic mass is 16.5. The van der Waals surface area contributed by atoms with Gasteiger partial charge in [-0.1, -0.05) is 54.6 Å². The largest absolute Gasteiger partial charge is 0.497 e. The standard InChI is InChI=1S/C23H22N4O/c1-28-19-14-15-22(23(16-19)27-24-18-10-3-2-4-11-18)26-25-21-13-7-9-17-8-5-6-12-20(17)21/h2-16,24-27H,1H3. The SMILES string of the molecule is COc1ccc(NNc2cccc3ccccc23)c(NNc2ccccc2)c1. The van der Waals surface area contributed by atoms with Crippen LogP contribution in [-0.4, -0.2) is 7.11 Å². The lowest BCUT2D eigenvalue weighted by molar-refractivity contribution is 0.415. The Morgan fingerprint density at radius 1 is 0.571 bits per heavy atom. The lowest BCUT2D eigenvalue weighted by Gasteiger charge is -2.18. The van der Waals surface area contributed by atoms with Crippen molar-refractivity contribution >= 4 is 33.5 Å². The number of benzene rings is 4. The van der Waals surface area contributed by atoms with Gasteiger partial charge in [0.25, 0.3) is 0 Å². The molecule has 5 heteroatoms. The van der Waals surface area contributed by atoms with E-state index in [0.717, 1.165) is 33.9 Å². The van der Waals surface area contributed by atoms with Gasteiger partial charge in [-0.25, -0.2) is 0 Å². The quantitative estimate of drug-likeness (QED) is 0.313. The number of methoxy groups -OCH3 is 1. The summed E-state index contributed by atoms with van der Waals surface area (Å²) in [5.41, 5.74) is 16.8. The molecule has 0 aliphatic heterocycles. The summed E-state index contributed by atoms with van der Waals surface area (Å²) in [6, 6.07) is 30.2. The van der Waals surface area contributed by atoms with Crippen molar-refractivity contribution < 1.29 is 4.74 Å². The molecule has 28 heavy (non-hydrogen) atoms. The second-order valence-corrected chi connectivity index (χ2v) is 6.30. The predicted octanol–water partition coefficient (Wildman–Crippen LogP) is 5.73. The van der Waals surface area contributed by atoms with E-state index in [1.807, 2.05) is 72.8 Å². The van der Waals surface area contributed by atoms with E-state index in [-0.39, 0.29) is 0 Å². The Hall–Kier alpha value is -3.86. The third-order valence-corrected chi connectivity index (χ3v) is 4.46. The van der Waals surface area contributed by atoms with E-state index in [2.05, 4.69) is 39.9 Å². The molecule has 0 saturated heterocycles. The summed E-state index contributed by atoms with van der Waals surface area (Å²) in [6.07, 6.45) is 0. The van der Waals surface area contributed by atoms with Gasteiger partial charge in [-0.05, 0) is 35.7 Å². The molecule has 0 aromatic heterocycles. The molecule has 0 bridgehead atoms. The molecule has 4 aromatic carbocycles. The van der Waals surface area contributed by atoms with Gasteiger partial charge in [0.2, 0.25) is 0 Å². The molecule has 0 heterocycles. The highest BCUT2D eigenvalue weighted by molar-refractivity contribution is 5.94. The first kappa shape index (κ1) is 17.5. The van der Waals surface area contributed by atoms with Crippen LogP contribution in [0.25, 0.3) is 10.8 Å². The fourth-order valence-electron chi connectivity index (χ4n) is 2.99. The van der Waals surface area contributed by atoms with Crippen molar-refractivity contribution in [1.82, 2.24) is 0 Å². The van der Waals surface area contributed by atoms with E-state index in [4.69, 9.17) is 4.74 Å². The first-order valence-electron chi connectivity index (χ1n) is 9.08. The monoisotopic (exact) mass is 370 g/mol. The van der Waals surface area contributed by atoms with E-state index in [1.54, 1.807) is 7.11 Å². The Bertz CT molecular complexity index is 1060. The first-order chi connectivity index (χ1) is 13.8. The second-order valence-electron chi connectivity index (χ2n) is 6.30. The second kappa shape index (κ2) is 8.22. The Morgan fingerprint density at radius 3 is 2.14 bits per heavy atom. The molecule has 0 aliphatic carbocycles. The van der Waals surface area contributed by atoms with Crippen molar-refractivity contribution in [1.29, 1.82) is 0 Å². The zero-order valence-electron chi connectivity index (χ0n) is 15.6. The van der Waals surface area contributed by atoms with Crippen LogP contribution in [0.15, 0.2) is 91.0 Å². The molecule has 5 nitrogen and oxygen atoms in total. The summed E-state index contributed by atoms with van der Waals surface area (Å²) in [4.78, 5) is 0. The molecule has 0 fully saturated rings. The number of fused-ring (bicyclic) bond motifs is 1. The summed E-state index contributed by atoms with van der Waals surface area (Å²) in [6.45, 7) is 0. The average Bonchev–Trinajstić information content (AvgIpc) is 2.77. The lowest BCUT2D eigenvalue weighted by Crippen LogP contribution is -2.14. The topological polar surface area (TPSA) is 57.4 Å². The number of nitrogens with one attached hydrogen (secondary N) is 4. The summed E-state index contributed by atoms with van der Waals surface area (Å²) in [5.74, 6) is 0.771. The van der Waals surface area contributed by atoms with Gasteiger partial charge in [-0.15, -0.1) is 0 Å². The van der Waals surface area contributed by atoms with Crippen molar-refractivity contribution in [2.45, 2.75) is 0 Å². The van der Waals surface area contributed by atoms with Crippen molar-refractivity contribution in [2.24, 2.45) is 0 Å². The Morgan fingerprint density at radius 2 is 1.29 bits per heavy atom. The number of rotatable bonds is 7. The number of para-hydroxylation sites is 1. The van der Waals surface area contributed by atoms with Crippen LogP contribution in [0.1, 0.15) is 0 Å². The van der Waals surface area contributed by atoms with E-state index in [1.165, 1.54) is 5.39 Å². The zero-order valence-corrected chi connectivity index (χ0v) is 15.6. The molecule has 0 saturated carbocycles. The summed E-state index contributed by atoms with van der Waals surface area (Å²) in [5, 5.41) is 2.34. The number of ether oxygens (including phenoxy) is 1. The van der Waals surface area contributed by atoms with Gasteiger partial charge in [0.15, 0.2) is 0 Å². The van der Waals surface area contributed by atoms with Gasteiger partial charge in [0.05, 0.1) is 29.9 Å². The molecular weight excluding hydrogens is 348 g/mol. The van der Waals surface area contributed by atoms with Gasteiger partial charge in [0.1, 0.15) is 5.75 Å². The molecule has 4 N–H and O–H groups in total. The molecule has 0 aliphatic rings. The first-order valence-corrected chi connectivity index (χ1v) is 9.08. The summed E-state index contributed by atoms with van der Waals surface area (Å²) < 4.78 is 5.37. The molecule has 0 spiro atoms. The van der Waals surface area contributed by atoms with Crippen LogP contribution < -0.4 is 26.4 Å². The highest BCUT2D eigenvalue weighted by Gasteiger charge is 2.06. The minimum absolute atomic E-state index is 0.771. The van der Waals surface area contributed by atoms with Gasteiger partial charge >= 0.3 is 0 Å². The van der Waals surface area contributed by atoms with Crippen LogP contribution in [0.2, 0.25) is 0 Å². The number of hydrogen-bond donors (Lipinski definition) is 4. The maximum absolute atomic E-state index is 5.37. The average molecular weight is 370 g/mol. The molecule has 140 valence electrons. The normalized spacial score (nSPS) is 10.3. The Kier molecular flexibility index (Phi) is 5.15. The molecular formula is C23H22N4O. The van der Waals surface area contributed by atoms with Gasteiger partial charge in [0, 0.05) is 11.5 Å². The minimum Gasteiger partial charge on any atom is -0.497 e. The fraction of sp³-hybridized carbons (Fsp3) is 0.0435. The van der Waals surface area contributed by atoms with Gasteiger partial charge in [-0.3, -0.25) is 10.9 Å². The molecule has 0 radical (unpaired) electrons. The Balaban J connectivity index is 1.55. The Labute approximate surface area is 164 Å². The van der Waals surface area contributed by atoms with E-state index >= 15 is 0 Å².